The second kappa shape index (κ2) is 13.6. The molecule has 29 heavy (non-hydrogen) atoms. The molecule has 164 valence electrons. The van der Waals surface area contributed by atoms with Crippen LogP contribution in [0.25, 0.3) is 0 Å². The van der Waals surface area contributed by atoms with Gasteiger partial charge in [0.05, 0.1) is 6.10 Å². The van der Waals surface area contributed by atoms with Gasteiger partial charge in [0.15, 0.2) is 5.96 Å². The van der Waals surface area contributed by atoms with Gasteiger partial charge in [0.2, 0.25) is 0 Å². The van der Waals surface area contributed by atoms with Crippen LogP contribution >= 0.6 is 0 Å². The Morgan fingerprint density at radius 1 is 1.24 bits per heavy atom. The van der Waals surface area contributed by atoms with Gasteiger partial charge in [-0.2, -0.15) is 0 Å². The third-order valence-electron chi connectivity index (χ3n) is 5.67. The van der Waals surface area contributed by atoms with Gasteiger partial charge >= 0.3 is 0 Å². The molecule has 0 saturated carbocycles. The molecule has 0 spiro atoms. The highest BCUT2D eigenvalue weighted by Gasteiger charge is 2.22. The van der Waals surface area contributed by atoms with Gasteiger partial charge in [-0.05, 0) is 45.2 Å². The van der Waals surface area contributed by atoms with Crippen LogP contribution in [0, 0.1) is 0 Å². The molecule has 1 atom stereocenters. The molecule has 0 bridgehead atoms. The van der Waals surface area contributed by atoms with Crippen molar-refractivity contribution in [3.63, 3.8) is 0 Å². The maximum atomic E-state index is 5.96. The zero-order valence-corrected chi connectivity index (χ0v) is 18.8. The van der Waals surface area contributed by atoms with Crippen LogP contribution in [0.15, 0.2) is 35.3 Å². The Bertz CT molecular complexity index is 574. The summed E-state index contributed by atoms with van der Waals surface area (Å²) in [5, 5.41) is 3.56. The summed E-state index contributed by atoms with van der Waals surface area (Å²) < 4.78 is 11.0. The standard InChI is InChI=1S/C23H40N4O2/c1-20(26(3)19-21-9-6-5-7-10-21)11-14-25-23(24-2)27-15-12-22(13-16-27)29-18-8-17-28-4/h5-7,9-10,20,22H,8,11-19H2,1-4H3,(H,24,25). The maximum absolute atomic E-state index is 5.96. The van der Waals surface area contributed by atoms with Crippen molar-refractivity contribution in [2.75, 3.05) is 54.1 Å². The minimum atomic E-state index is 0.368. The monoisotopic (exact) mass is 404 g/mol. The van der Waals surface area contributed by atoms with E-state index in [1.54, 1.807) is 7.11 Å². The van der Waals surface area contributed by atoms with Crippen LogP contribution in [-0.4, -0.2) is 82.0 Å². The van der Waals surface area contributed by atoms with Crippen LogP contribution in [0.3, 0.4) is 0 Å². The number of hydrogen-bond acceptors (Lipinski definition) is 4. The molecule has 1 heterocycles. The molecule has 1 unspecified atom stereocenters. The van der Waals surface area contributed by atoms with E-state index in [2.05, 4.69) is 64.4 Å². The number of benzene rings is 1. The fraction of sp³-hybridized carbons (Fsp3) is 0.696. The van der Waals surface area contributed by atoms with Crippen molar-refractivity contribution in [3.05, 3.63) is 35.9 Å². The Hall–Kier alpha value is -1.63. The number of guanidine groups is 1. The molecular formula is C23H40N4O2. The summed E-state index contributed by atoms with van der Waals surface area (Å²) in [5.41, 5.74) is 1.36. The number of hydrogen-bond donors (Lipinski definition) is 1. The zero-order chi connectivity index (χ0) is 20.9. The van der Waals surface area contributed by atoms with Crippen LogP contribution in [0.1, 0.15) is 38.2 Å². The van der Waals surface area contributed by atoms with Crippen molar-refractivity contribution < 1.29 is 9.47 Å². The van der Waals surface area contributed by atoms with Crippen LogP contribution in [0.2, 0.25) is 0 Å². The van der Waals surface area contributed by atoms with Crippen LogP contribution in [0.4, 0.5) is 0 Å². The third kappa shape index (κ3) is 8.72. The molecule has 6 nitrogen and oxygen atoms in total. The second-order valence-electron chi connectivity index (χ2n) is 7.92. The van der Waals surface area contributed by atoms with Gasteiger partial charge in [-0.15, -0.1) is 0 Å². The molecule has 0 radical (unpaired) electrons. The molecule has 1 aromatic rings. The lowest BCUT2D eigenvalue weighted by Crippen LogP contribution is -2.47. The lowest BCUT2D eigenvalue weighted by molar-refractivity contribution is 0.00990. The summed E-state index contributed by atoms with van der Waals surface area (Å²) in [4.78, 5) is 9.26. The SMILES string of the molecule is CN=C(NCCC(C)N(C)Cc1ccccc1)N1CCC(OCCCOC)CC1. The van der Waals surface area contributed by atoms with Gasteiger partial charge < -0.3 is 19.7 Å². The van der Waals surface area contributed by atoms with E-state index in [1.165, 1.54) is 5.56 Å². The maximum Gasteiger partial charge on any atom is 0.193 e. The quantitative estimate of drug-likeness (QED) is 0.349. The third-order valence-corrected chi connectivity index (χ3v) is 5.67. The van der Waals surface area contributed by atoms with E-state index in [0.29, 0.717) is 12.1 Å². The number of likely N-dealkylation sites (tertiary alicyclic amines) is 1. The molecule has 2 rings (SSSR count). The average Bonchev–Trinajstić information content (AvgIpc) is 2.75. The number of methoxy groups -OCH3 is 1. The molecule has 0 amide bonds. The summed E-state index contributed by atoms with van der Waals surface area (Å²) in [6.07, 6.45) is 4.54. The number of aliphatic imine (C=N–C) groups is 1. The molecule has 6 heteroatoms. The molecular weight excluding hydrogens is 364 g/mol. The van der Waals surface area contributed by atoms with Crippen molar-refractivity contribution in [2.45, 2.75) is 51.3 Å². The number of nitrogens with one attached hydrogen (secondary N) is 1. The van der Waals surface area contributed by atoms with Crippen LogP contribution in [-0.2, 0) is 16.0 Å². The van der Waals surface area contributed by atoms with Crippen molar-refractivity contribution >= 4 is 5.96 Å². The molecule has 1 aliphatic rings. The highest BCUT2D eigenvalue weighted by molar-refractivity contribution is 5.79. The fourth-order valence-corrected chi connectivity index (χ4v) is 3.66. The summed E-state index contributed by atoms with van der Waals surface area (Å²) in [7, 11) is 5.81. The van der Waals surface area contributed by atoms with Crippen LogP contribution in [0.5, 0.6) is 0 Å². The van der Waals surface area contributed by atoms with Gasteiger partial charge in [-0.3, -0.25) is 9.89 Å². The van der Waals surface area contributed by atoms with E-state index in [4.69, 9.17) is 9.47 Å². The summed E-state index contributed by atoms with van der Waals surface area (Å²) in [6, 6.07) is 11.2. The largest absolute Gasteiger partial charge is 0.385 e. The molecule has 0 aliphatic carbocycles. The predicted octanol–water partition coefficient (Wildman–Crippen LogP) is 2.99. The first-order chi connectivity index (χ1) is 14.1. The van der Waals surface area contributed by atoms with Gasteiger partial charge in [-0.25, -0.2) is 0 Å². The molecule has 1 saturated heterocycles. The summed E-state index contributed by atoms with van der Waals surface area (Å²) in [5.74, 6) is 1.01. The van der Waals surface area contributed by atoms with Gasteiger partial charge in [0.1, 0.15) is 0 Å². The molecule has 0 aromatic heterocycles. The topological polar surface area (TPSA) is 49.3 Å². The van der Waals surface area contributed by atoms with Gasteiger partial charge in [0.25, 0.3) is 0 Å². The summed E-state index contributed by atoms with van der Waals surface area (Å²) >= 11 is 0. The van der Waals surface area contributed by atoms with Crippen molar-refractivity contribution in [1.29, 1.82) is 0 Å². The molecule has 1 aliphatic heterocycles. The second-order valence-corrected chi connectivity index (χ2v) is 7.92. The van der Waals surface area contributed by atoms with Crippen molar-refractivity contribution in [3.8, 4) is 0 Å². The molecule has 1 N–H and O–H groups in total. The fourth-order valence-electron chi connectivity index (χ4n) is 3.66. The molecule has 1 fully saturated rings. The summed E-state index contributed by atoms with van der Waals surface area (Å²) in [6.45, 7) is 7.76. The van der Waals surface area contributed by atoms with Crippen LogP contribution < -0.4 is 5.32 Å². The number of nitrogens with zero attached hydrogens (tertiary/aromatic N) is 3. The minimum absolute atomic E-state index is 0.368. The first-order valence-electron chi connectivity index (χ1n) is 10.9. The van der Waals surface area contributed by atoms with Gasteiger partial charge in [0, 0.05) is 59.6 Å². The number of ether oxygens (including phenoxy) is 2. The van der Waals surface area contributed by atoms with E-state index in [1.807, 2.05) is 7.05 Å². The van der Waals surface area contributed by atoms with Crippen molar-refractivity contribution in [1.82, 2.24) is 15.1 Å². The predicted molar refractivity (Wildman–Crippen MR) is 120 cm³/mol. The highest BCUT2D eigenvalue weighted by atomic mass is 16.5. The van der Waals surface area contributed by atoms with Crippen molar-refractivity contribution in [2.24, 2.45) is 4.99 Å². The first-order valence-corrected chi connectivity index (χ1v) is 10.9. The number of rotatable bonds is 11. The van der Waals surface area contributed by atoms with Gasteiger partial charge in [-0.1, -0.05) is 30.3 Å². The Morgan fingerprint density at radius 2 is 1.97 bits per heavy atom. The minimum Gasteiger partial charge on any atom is -0.385 e. The molecule has 1 aromatic carbocycles. The highest BCUT2D eigenvalue weighted by Crippen LogP contribution is 2.14. The van der Waals surface area contributed by atoms with E-state index < -0.39 is 0 Å². The van der Waals surface area contributed by atoms with E-state index in [-0.39, 0.29) is 0 Å². The first kappa shape index (κ1) is 23.6. The van der Waals surface area contributed by atoms with E-state index in [9.17, 15) is 0 Å². The Labute approximate surface area is 177 Å². The normalized spacial score (nSPS) is 17.0. The smallest absolute Gasteiger partial charge is 0.193 e. The lowest BCUT2D eigenvalue weighted by atomic mass is 10.1. The lowest BCUT2D eigenvalue weighted by Gasteiger charge is -2.34. The zero-order valence-electron chi connectivity index (χ0n) is 18.8. The van der Waals surface area contributed by atoms with E-state index >= 15 is 0 Å². The Balaban J connectivity index is 1.64. The Kier molecular flexibility index (Phi) is 11.1. The number of piperidine rings is 1. The average molecular weight is 405 g/mol. The van der Waals surface area contributed by atoms with E-state index in [0.717, 1.165) is 71.0 Å². The Morgan fingerprint density at radius 3 is 2.62 bits per heavy atom.